The molecule has 0 bridgehead atoms. The summed E-state index contributed by atoms with van der Waals surface area (Å²) >= 11 is 3.49. The number of hydrogen-bond acceptors (Lipinski definition) is 3. The van der Waals surface area contributed by atoms with Crippen LogP contribution >= 0.6 is 15.9 Å². The summed E-state index contributed by atoms with van der Waals surface area (Å²) in [5, 5.41) is 2.26. The fourth-order valence-corrected chi connectivity index (χ4v) is 3.67. The molecule has 4 aromatic rings. The number of ether oxygens (including phenoxy) is 1. The maximum Gasteiger partial charge on any atom is 0.185 e. The summed E-state index contributed by atoms with van der Waals surface area (Å²) < 4.78 is 12.7. The Morgan fingerprint density at radius 2 is 1.71 bits per heavy atom. The fraction of sp³-hybridized carbons (Fsp3) is 0.148. The van der Waals surface area contributed by atoms with Crippen molar-refractivity contribution in [2.75, 3.05) is 0 Å². The highest BCUT2D eigenvalue weighted by Gasteiger charge is 2.06. The second-order valence-corrected chi connectivity index (χ2v) is 8.64. The molecule has 31 heavy (non-hydrogen) atoms. The Morgan fingerprint density at radius 3 is 2.48 bits per heavy atom. The third kappa shape index (κ3) is 5.33. The van der Waals surface area contributed by atoms with Crippen LogP contribution in [0.3, 0.4) is 0 Å². The quantitative estimate of drug-likeness (QED) is 0.202. The minimum absolute atomic E-state index is 0.0488. The van der Waals surface area contributed by atoms with E-state index in [1.54, 1.807) is 6.08 Å². The van der Waals surface area contributed by atoms with E-state index in [0.717, 1.165) is 21.0 Å². The van der Waals surface area contributed by atoms with Crippen molar-refractivity contribution >= 4 is 38.6 Å². The molecule has 0 aliphatic rings. The molecule has 3 aromatic carbocycles. The molecular weight excluding hydrogens is 452 g/mol. The highest BCUT2D eigenvalue weighted by molar-refractivity contribution is 9.10. The van der Waals surface area contributed by atoms with E-state index in [2.05, 4.69) is 41.9 Å². The number of fused-ring (bicyclic) bond motifs is 1. The van der Waals surface area contributed by atoms with Crippen LogP contribution in [0.2, 0.25) is 0 Å². The maximum absolute atomic E-state index is 12.4. The summed E-state index contributed by atoms with van der Waals surface area (Å²) in [5.41, 5.74) is 1.88. The van der Waals surface area contributed by atoms with Gasteiger partial charge in [-0.2, -0.15) is 0 Å². The number of benzene rings is 3. The molecule has 0 unspecified atom stereocenters. The molecule has 4 rings (SSSR count). The van der Waals surface area contributed by atoms with Crippen molar-refractivity contribution in [1.82, 2.24) is 0 Å². The van der Waals surface area contributed by atoms with Crippen molar-refractivity contribution in [1.29, 1.82) is 0 Å². The monoisotopic (exact) mass is 474 g/mol. The molecule has 0 amide bonds. The summed E-state index contributed by atoms with van der Waals surface area (Å²) in [5.74, 6) is 2.49. The van der Waals surface area contributed by atoms with E-state index >= 15 is 0 Å². The topological polar surface area (TPSA) is 39.4 Å². The number of allylic oxidation sites excluding steroid dienone is 1. The van der Waals surface area contributed by atoms with Gasteiger partial charge >= 0.3 is 0 Å². The first-order valence-corrected chi connectivity index (χ1v) is 11.0. The first-order chi connectivity index (χ1) is 15.0. The summed E-state index contributed by atoms with van der Waals surface area (Å²) in [6.07, 6.45) is 3.23. The predicted molar refractivity (Wildman–Crippen MR) is 129 cm³/mol. The van der Waals surface area contributed by atoms with Crippen LogP contribution in [-0.4, -0.2) is 5.78 Å². The molecule has 0 saturated carbocycles. The Hall–Kier alpha value is -3.11. The zero-order chi connectivity index (χ0) is 21.8. The summed E-state index contributed by atoms with van der Waals surface area (Å²) in [7, 11) is 0. The Kier molecular flexibility index (Phi) is 6.38. The number of rotatable bonds is 7. The third-order valence-electron chi connectivity index (χ3n) is 5.10. The van der Waals surface area contributed by atoms with Crippen LogP contribution in [0.15, 0.2) is 87.8 Å². The van der Waals surface area contributed by atoms with Gasteiger partial charge in [0.25, 0.3) is 0 Å². The fourth-order valence-electron chi connectivity index (χ4n) is 3.29. The van der Waals surface area contributed by atoms with Gasteiger partial charge in [-0.25, -0.2) is 0 Å². The average Bonchev–Trinajstić information content (AvgIpc) is 3.24. The first-order valence-electron chi connectivity index (χ1n) is 10.2. The molecule has 0 aliphatic carbocycles. The number of ketones is 1. The number of furan rings is 1. The zero-order valence-corrected chi connectivity index (χ0v) is 19.1. The van der Waals surface area contributed by atoms with Crippen LogP contribution in [0.25, 0.3) is 16.8 Å². The number of hydrogen-bond donors (Lipinski definition) is 0. The van der Waals surface area contributed by atoms with Gasteiger partial charge in [0.05, 0.1) is 0 Å². The van der Waals surface area contributed by atoms with Crippen LogP contribution < -0.4 is 4.74 Å². The standard InChI is InChI=1S/C27H23BrO3/c1-18(2)19-3-5-20(6-4-19)27(29)14-13-24-11-12-26(31-24)17-30-25-10-8-21-15-23(28)9-7-22(21)16-25/h3-16,18H,17H2,1-2H3/b14-13+. The predicted octanol–water partition coefficient (Wildman–Crippen LogP) is 7.79. The molecule has 3 nitrogen and oxygen atoms in total. The summed E-state index contributed by atoms with van der Waals surface area (Å²) in [4.78, 5) is 12.4. The molecule has 4 heteroatoms. The largest absolute Gasteiger partial charge is 0.486 e. The van der Waals surface area contributed by atoms with Crippen LogP contribution in [0.5, 0.6) is 5.75 Å². The van der Waals surface area contributed by atoms with Gasteiger partial charge in [0, 0.05) is 10.0 Å². The van der Waals surface area contributed by atoms with Crippen molar-refractivity contribution in [2.45, 2.75) is 26.4 Å². The lowest BCUT2D eigenvalue weighted by molar-refractivity contribution is 0.104. The van der Waals surface area contributed by atoms with Gasteiger partial charge in [-0.1, -0.05) is 66.2 Å². The molecule has 0 N–H and O–H groups in total. The minimum Gasteiger partial charge on any atom is -0.486 e. The molecular formula is C27H23BrO3. The van der Waals surface area contributed by atoms with Crippen molar-refractivity contribution in [3.05, 3.63) is 106 Å². The van der Waals surface area contributed by atoms with Crippen molar-refractivity contribution in [3.8, 4) is 5.75 Å². The SMILES string of the molecule is CC(C)c1ccc(C(=O)/C=C/c2ccc(COc3ccc4cc(Br)ccc4c3)o2)cc1. The van der Waals surface area contributed by atoms with Gasteiger partial charge in [-0.3, -0.25) is 4.79 Å². The first kappa shape index (κ1) is 21.1. The van der Waals surface area contributed by atoms with Crippen LogP contribution in [0.1, 0.15) is 47.2 Å². The number of carbonyl (C=O) groups excluding carboxylic acids is 1. The van der Waals surface area contributed by atoms with Gasteiger partial charge in [0.15, 0.2) is 5.78 Å². The molecule has 0 saturated heterocycles. The molecule has 1 heterocycles. The van der Waals surface area contributed by atoms with Gasteiger partial charge in [0.1, 0.15) is 23.9 Å². The van der Waals surface area contributed by atoms with Crippen molar-refractivity contribution in [2.24, 2.45) is 0 Å². The van der Waals surface area contributed by atoms with E-state index < -0.39 is 0 Å². The van der Waals surface area contributed by atoms with Crippen LogP contribution in [0.4, 0.5) is 0 Å². The average molecular weight is 475 g/mol. The molecule has 156 valence electrons. The minimum atomic E-state index is -0.0488. The van der Waals surface area contributed by atoms with E-state index in [1.165, 1.54) is 11.6 Å². The third-order valence-corrected chi connectivity index (χ3v) is 5.59. The lowest BCUT2D eigenvalue weighted by atomic mass is 10.0. The molecule has 0 aliphatic heterocycles. The van der Waals surface area contributed by atoms with E-state index in [0.29, 0.717) is 29.6 Å². The highest BCUT2D eigenvalue weighted by atomic mass is 79.9. The maximum atomic E-state index is 12.4. The number of halogens is 1. The molecule has 0 radical (unpaired) electrons. The Labute approximate surface area is 190 Å². The van der Waals surface area contributed by atoms with Gasteiger partial charge in [-0.05, 0) is 70.8 Å². The number of carbonyl (C=O) groups is 1. The normalized spacial score (nSPS) is 11.5. The van der Waals surface area contributed by atoms with Gasteiger partial charge < -0.3 is 9.15 Å². The Morgan fingerprint density at radius 1 is 0.968 bits per heavy atom. The van der Waals surface area contributed by atoms with E-state index in [-0.39, 0.29) is 5.78 Å². The van der Waals surface area contributed by atoms with Crippen molar-refractivity contribution < 1.29 is 13.9 Å². The lowest BCUT2D eigenvalue weighted by Crippen LogP contribution is -1.95. The highest BCUT2D eigenvalue weighted by Crippen LogP contribution is 2.25. The summed E-state index contributed by atoms with van der Waals surface area (Å²) in [6, 6.07) is 23.6. The van der Waals surface area contributed by atoms with Gasteiger partial charge in [-0.15, -0.1) is 0 Å². The van der Waals surface area contributed by atoms with E-state index in [4.69, 9.17) is 9.15 Å². The Balaban J connectivity index is 1.36. The van der Waals surface area contributed by atoms with Crippen LogP contribution in [-0.2, 0) is 6.61 Å². The molecule has 1 aromatic heterocycles. The molecule has 0 fully saturated rings. The smallest absolute Gasteiger partial charge is 0.185 e. The van der Waals surface area contributed by atoms with E-state index in [1.807, 2.05) is 60.7 Å². The lowest BCUT2D eigenvalue weighted by Gasteiger charge is -2.06. The van der Waals surface area contributed by atoms with Crippen LogP contribution in [0, 0.1) is 0 Å². The zero-order valence-electron chi connectivity index (χ0n) is 17.5. The van der Waals surface area contributed by atoms with Gasteiger partial charge in [0.2, 0.25) is 0 Å². The van der Waals surface area contributed by atoms with Crippen molar-refractivity contribution in [3.63, 3.8) is 0 Å². The van der Waals surface area contributed by atoms with E-state index in [9.17, 15) is 4.79 Å². The molecule has 0 spiro atoms. The second-order valence-electron chi connectivity index (χ2n) is 7.72. The second kappa shape index (κ2) is 9.36. The Bertz CT molecular complexity index is 1230. The summed E-state index contributed by atoms with van der Waals surface area (Å²) in [6.45, 7) is 4.59. The molecule has 0 atom stereocenters.